The number of aromatic nitrogens is 3. The number of nitrogens with one attached hydrogen (secondary N) is 1. The fourth-order valence-corrected chi connectivity index (χ4v) is 1.43. The number of nitrogens with two attached hydrogens (primary N) is 1. The van der Waals surface area contributed by atoms with Crippen LogP contribution in [0, 0.1) is 0 Å². The quantitative estimate of drug-likeness (QED) is 0.843. The first kappa shape index (κ1) is 12.3. The predicted molar refractivity (Wildman–Crippen MR) is 64.0 cm³/mol. The molecule has 0 radical (unpaired) electrons. The lowest BCUT2D eigenvalue weighted by molar-refractivity contribution is 0.0953. The van der Waals surface area contributed by atoms with E-state index in [0.29, 0.717) is 24.4 Å². The number of nitrogens with zero attached hydrogens (tertiary/aromatic N) is 3. The molecule has 0 spiro atoms. The molecule has 2 heterocycles. The third kappa shape index (κ3) is 2.95. The zero-order chi connectivity index (χ0) is 13.0. The highest BCUT2D eigenvalue weighted by Crippen LogP contribution is 2.16. The lowest BCUT2D eigenvalue weighted by Crippen LogP contribution is -2.26. The van der Waals surface area contributed by atoms with Gasteiger partial charge in [-0.3, -0.25) is 4.79 Å². The Morgan fingerprint density at radius 2 is 2.33 bits per heavy atom. The maximum atomic E-state index is 11.7. The van der Waals surface area contributed by atoms with E-state index in [1.54, 1.807) is 0 Å². The number of nitrogen functional groups attached to an aromatic ring is 1. The maximum absolute atomic E-state index is 11.7. The summed E-state index contributed by atoms with van der Waals surface area (Å²) in [5.41, 5.74) is 5.80. The molecular formula is C10H10ClN5O2. The number of hydrogen-bond acceptors (Lipinski definition) is 6. The zero-order valence-corrected chi connectivity index (χ0v) is 10.0. The topological polar surface area (TPSA) is 107 Å². The summed E-state index contributed by atoms with van der Waals surface area (Å²) in [5.74, 6) is 0.367. The lowest BCUT2D eigenvalue weighted by Gasteiger charge is -2.04. The Balaban J connectivity index is 1.89. The van der Waals surface area contributed by atoms with Crippen molar-refractivity contribution in [3.63, 3.8) is 0 Å². The van der Waals surface area contributed by atoms with Crippen LogP contribution in [0.15, 0.2) is 23.1 Å². The van der Waals surface area contributed by atoms with Crippen molar-refractivity contribution in [3.05, 3.63) is 35.1 Å². The molecule has 7 nitrogen and oxygen atoms in total. The molecule has 2 rings (SSSR count). The molecule has 0 aliphatic carbocycles. The Morgan fingerprint density at radius 3 is 3.00 bits per heavy atom. The number of carbonyl (C=O) groups excluding carboxylic acids is 1. The van der Waals surface area contributed by atoms with Crippen molar-refractivity contribution < 1.29 is 9.32 Å². The van der Waals surface area contributed by atoms with Crippen LogP contribution in [-0.4, -0.2) is 27.6 Å². The average molecular weight is 268 g/mol. The van der Waals surface area contributed by atoms with E-state index >= 15 is 0 Å². The van der Waals surface area contributed by atoms with Crippen molar-refractivity contribution in [2.45, 2.75) is 6.42 Å². The third-order valence-corrected chi connectivity index (χ3v) is 2.47. The maximum Gasteiger partial charge on any atom is 0.252 e. The summed E-state index contributed by atoms with van der Waals surface area (Å²) < 4.78 is 4.79. The highest BCUT2D eigenvalue weighted by Gasteiger charge is 2.08. The highest BCUT2D eigenvalue weighted by atomic mass is 35.5. The molecule has 2 aromatic heterocycles. The zero-order valence-electron chi connectivity index (χ0n) is 9.26. The monoisotopic (exact) mass is 267 g/mol. The molecule has 0 aliphatic heterocycles. The lowest BCUT2D eigenvalue weighted by atomic mass is 10.2. The van der Waals surface area contributed by atoms with Gasteiger partial charge in [0, 0.05) is 19.2 Å². The van der Waals surface area contributed by atoms with E-state index in [1.165, 1.54) is 18.6 Å². The minimum absolute atomic E-state index is 0.194. The normalized spacial score (nSPS) is 10.3. The van der Waals surface area contributed by atoms with Gasteiger partial charge in [0.2, 0.25) is 5.89 Å². The van der Waals surface area contributed by atoms with E-state index in [1.807, 2.05) is 0 Å². The van der Waals surface area contributed by atoms with Gasteiger partial charge in [-0.1, -0.05) is 16.8 Å². The Morgan fingerprint density at radius 1 is 1.50 bits per heavy atom. The smallest absolute Gasteiger partial charge is 0.252 e. The van der Waals surface area contributed by atoms with Crippen molar-refractivity contribution in [3.8, 4) is 0 Å². The number of hydrogen-bond donors (Lipinski definition) is 2. The van der Waals surface area contributed by atoms with Gasteiger partial charge in [0.05, 0.1) is 10.6 Å². The first-order valence-electron chi connectivity index (χ1n) is 5.11. The fourth-order valence-electron chi connectivity index (χ4n) is 1.26. The van der Waals surface area contributed by atoms with Crippen molar-refractivity contribution in [1.82, 2.24) is 20.4 Å². The number of carbonyl (C=O) groups is 1. The van der Waals surface area contributed by atoms with Gasteiger partial charge >= 0.3 is 0 Å². The molecule has 0 saturated heterocycles. The molecule has 3 N–H and O–H groups in total. The van der Waals surface area contributed by atoms with Gasteiger partial charge in [-0.05, 0) is 6.07 Å². The molecule has 2 aromatic rings. The summed E-state index contributed by atoms with van der Waals surface area (Å²) in [7, 11) is 0. The molecule has 1 amide bonds. The molecule has 0 fully saturated rings. The Kier molecular flexibility index (Phi) is 3.73. The number of pyridine rings is 1. The van der Waals surface area contributed by atoms with Crippen molar-refractivity contribution in [2.75, 3.05) is 12.3 Å². The molecule has 0 bridgehead atoms. The van der Waals surface area contributed by atoms with E-state index < -0.39 is 0 Å². The minimum Gasteiger partial charge on any atom is -0.382 e. The largest absolute Gasteiger partial charge is 0.382 e. The van der Waals surface area contributed by atoms with Gasteiger partial charge in [-0.2, -0.15) is 4.98 Å². The molecular weight excluding hydrogens is 258 g/mol. The first-order chi connectivity index (χ1) is 8.66. The molecule has 18 heavy (non-hydrogen) atoms. The summed E-state index contributed by atoms with van der Waals surface area (Å²) in [4.78, 5) is 19.4. The van der Waals surface area contributed by atoms with Crippen LogP contribution < -0.4 is 11.1 Å². The molecule has 0 unspecified atom stereocenters. The van der Waals surface area contributed by atoms with Crippen LogP contribution in [0.5, 0.6) is 0 Å². The molecule has 94 valence electrons. The van der Waals surface area contributed by atoms with Crippen LogP contribution in [0.25, 0.3) is 0 Å². The predicted octanol–water partition coefficient (Wildman–Crippen LogP) is 0.673. The minimum atomic E-state index is -0.288. The Bertz CT molecular complexity index is 543. The van der Waals surface area contributed by atoms with Gasteiger partial charge < -0.3 is 15.6 Å². The molecule has 8 heteroatoms. The van der Waals surface area contributed by atoms with E-state index in [0.717, 1.165) is 0 Å². The summed E-state index contributed by atoms with van der Waals surface area (Å²) in [5, 5.41) is 6.39. The number of rotatable bonds is 4. The summed E-state index contributed by atoms with van der Waals surface area (Å²) in [6.07, 6.45) is 3.13. The molecule has 0 atom stereocenters. The number of anilines is 1. The van der Waals surface area contributed by atoms with E-state index in [9.17, 15) is 4.79 Å². The van der Waals surface area contributed by atoms with Crippen LogP contribution in [0.2, 0.25) is 5.02 Å². The van der Waals surface area contributed by atoms with Crippen LogP contribution in [0.3, 0.4) is 0 Å². The summed E-state index contributed by atoms with van der Waals surface area (Å²) in [6.45, 7) is 0.378. The van der Waals surface area contributed by atoms with E-state index in [2.05, 4.69) is 20.4 Å². The van der Waals surface area contributed by atoms with Gasteiger partial charge in [0.1, 0.15) is 5.82 Å². The van der Waals surface area contributed by atoms with Crippen molar-refractivity contribution in [2.24, 2.45) is 0 Å². The van der Waals surface area contributed by atoms with Crippen LogP contribution in [0.1, 0.15) is 16.2 Å². The van der Waals surface area contributed by atoms with Crippen molar-refractivity contribution >= 4 is 23.3 Å². The second-order valence-corrected chi connectivity index (χ2v) is 3.84. The first-order valence-corrected chi connectivity index (χ1v) is 5.49. The Hall–Kier alpha value is -2.15. The second kappa shape index (κ2) is 5.46. The van der Waals surface area contributed by atoms with E-state index in [4.69, 9.17) is 21.9 Å². The van der Waals surface area contributed by atoms with Gasteiger partial charge in [-0.15, -0.1) is 0 Å². The van der Waals surface area contributed by atoms with Crippen LogP contribution in [0.4, 0.5) is 5.82 Å². The van der Waals surface area contributed by atoms with Gasteiger partial charge in [0.15, 0.2) is 6.33 Å². The second-order valence-electron chi connectivity index (χ2n) is 3.43. The summed E-state index contributed by atoms with van der Waals surface area (Å²) >= 11 is 5.77. The highest BCUT2D eigenvalue weighted by molar-refractivity contribution is 6.33. The molecule has 0 aliphatic rings. The number of amides is 1. The number of halogens is 1. The molecule has 0 aromatic carbocycles. The van der Waals surface area contributed by atoms with Crippen LogP contribution in [-0.2, 0) is 6.42 Å². The van der Waals surface area contributed by atoms with Gasteiger partial charge in [-0.25, -0.2) is 4.98 Å². The van der Waals surface area contributed by atoms with Crippen LogP contribution >= 0.6 is 11.6 Å². The average Bonchev–Trinajstić information content (AvgIpc) is 2.85. The van der Waals surface area contributed by atoms with Crippen molar-refractivity contribution in [1.29, 1.82) is 0 Å². The third-order valence-electron chi connectivity index (χ3n) is 2.16. The SMILES string of the molecule is Nc1ncc(C(=O)NCCc2ncno2)cc1Cl. The molecule has 0 saturated carbocycles. The standard InChI is InChI=1S/C10H10ClN5O2/c11-7-3-6(4-14-9(7)12)10(17)13-2-1-8-15-5-16-18-8/h3-5H,1-2H2,(H2,12,14)(H,13,17). The van der Waals surface area contributed by atoms with E-state index in [-0.39, 0.29) is 16.7 Å². The Labute approximate surface area is 107 Å². The fraction of sp³-hybridized carbons (Fsp3) is 0.200. The summed E-state index contributed by atoms with van der Waals surface area (Å²) in [6, 6.07) is 1.46. The van der Waals surface area contributed by atoms with Gasteiger partial charge in [0.25, 0.3) is 5.91 Å².